The molecule has 0 radical (unpaired) electrons. The number of ketones is 2. The minimum Gasteiger partial charge on any atom is -0.493 e. The molecule has 0 heterocycles. The summed E-state index contributed by atoms with van der Waals surface area (Å²) in [6, 6.07) is 5.05. The summed E-state index contributed by atoms with van der Waals surface area (Å²) in [5, 5.41) is 0. The Bertz CT molecular complexity index is 423. The van der Waals surface area contributed by atoms with Gasteiger partial charge < -0.3 is 9.47 Å². The number of carbonyl (C=O) groups excluding carboxylic acids is 2. The van der Waals surface area contributed by atoms with Gasteiger partial charge >= 0.3 is 0 Å². The van der Waals surface area contributed by atoms with Crippen LogP contribution in [-0.4, -0.2) is 25.8 Å². The average Bonchev–Trinajstić information content (AvgIpc) is 2.27. The summed E-state index contributed by atoms with van der Waals surface area (Å²) in [6.07, 6.45) is 0. The van der Waals surface area contributed by atoms with Crippen molar-refractivity contribution >= 4 is 11.6 Å². The van der Waals surface area contributed by atoms with Gasteiger partial charge in [0.1, 0.15) is 17.5 Å². The number of Topliss-reactive ketones (excluding diaryl/α,β-unsaturated/α-hetero) is 2. The number of hydrogen-bond donors (Lipinski definition) is 0. The molecule has 0 saturated carbocycles. The van der Waals surface area contributed by atoms with E-state index in [1.54, 1.807) is 18.2 Å². The lowest BCUT2D eigenvalue weighted by atomic mass is 9.92. The summed E-state index contributed by atoms with van der Waals surface area (Å²) >= 11 is 0. The third-order valence-corrected chi connectivity index (χ3v) is 2.55. The lowest BCUT2D eigenvalue weighted by Gasteiger charge is -2.14. The molecule has 0 amide bonds. The minimum absolute atomic E-state index is 0.176. The molecular formula is C13H16O4. The van der Waals surface area contributed by atoms with Crippen LogP contribution in [0.5, 0.6) is 11.5 Å². The molecule has 1 rings (SSSR count). The SMILES string of the molecule is COc1ccc(C(C(C)=O)C(C)=O)cc1OC. The third-order valence-electron chi connectivity index (χ3n) is 2.55. The maximum absolute atomic E-state index is 11.4. The fraction of sp³-hybridized carbons (Fsp3) is 0.385. The molecule has 0 N–H and O–H groups in total. The Labute approximate surface area is 101 Å². The van der Waals surface area contributed by atoms with Gasteiger partial charge in [-0.1, -0.05) is 6.07 Å². The smallest absolute Gasteiger partial charge is 0.161 e. The van der Waals surface area contributed by atoms with Gasteiger partial charge in [-0.15, -0.1) is 0 Å². The topological polar surface area (TPSA) is 52.6 Å². The van der Waals surface area contributed by atoms with E-state index in [0.29, 0.717) is 17.1 Å². The molecule has 0 aliphatic heterocycles. The van der Waals surface area contributed by atoms with E-state index in [9.17, 15) is 9.59 Å². The number of rotatable bonds is 5. The van der Waals surface area contributed by atoms with E-state index in [1.807, 2.05) is 0 Å². The van der Waals surface area contributed by atoms with Crippen LogP contribution in [0.15, 0.2) is 18.2 Å². The number of carbonyl (C=O) groups is 2. The van der Waals surface area contributed by atoms with Gasteiger partial charge in [-0.2, -0.15) is 0 Å². The van der Waals surface area contributed by atoms with Crippen molar-refractivity contribution in [2.45, 2.75) is 19.8 Å². The van der Waals surface area contributed by atoms with Gasteiger partial charge in [0.15, 0.2) is 11.5 Å². The van der Waals surface area contributed by atoms with Crippen LogP contribution in [0, 0.1) is 0 Å². The van der Waals surface area contributed by atoms with Crippen molar-refractivity contribution in [3.05, 3.63) is 23.8 Å². The second-order valence-electron chi connectivity index (χ2n) is 3.77. The maximum Gasteiger partial charge on any atom is 0.161 e. The standard InChI is InChI=1S/C13H16O4/c1-8(14)13(9(2)15)10-5-6-11(16-3)12(7-10)17-4/h5-7,13H,1-4H3. The van der Waals surface area contributed by atoms with Gasteiger partial charge in [0.25, 0.3) is 0 Å². The Kier molecular flexibility index (Phi) is 4.26. The van der Waals surface area contributed by atoms with Gasteiger partial charge in [-0.3, -0.25) is 9.59 Å². The van der Waals surface area contributed by atoms with Crippen molar-refractivity contribution < 1.29 is 19.1 Å². The largest absolute Gasteiger partial charge is 0.493 e. The molecule has 4 nitrogen and oxygen atoms in total. The molecule has 0 fully saturated rings. The average molecular weight is 236 g/mol. The number of methoxy groups -OCH3 is 2. The van der Waals surface area contributed by atoms with E-state index < -0.39 is 5.92 Å². The highest BCUT2D eigenvalue weighted by atomic mass is 16.5. The van der Waals surface area contributed by atoms with Crippen LogP contribution < -0.4 is 9.47 Å². The maximum atomic E-state index is 11.4. The van der Waals surface area contributed by atoms with Crippen molar-refractivity contribution in [3.63, 3.8) is 0 Å². The Morgan fingerprint density at radius 3 is 1.94 bits per heavy atom. The Morgan fingerprint density at radius 1 is 1.00 bits per heavy atom. The molecule has 0 aromatic heterocycles. The molecule has 0 atom stereocenters. The minimum atomic E-state index is -0.727. The van der Waals surface area contributed by atoms with E-state index in [-0.39, 0.29) is 11.6 Å². The van der Waals surface area contributed by atoms with Crippen LogP contribution in [-0.2, 0) is 9.59 Å². The Balaban J connectivity index is 3.22. The molecule has 17 heavy (non-hydrogen) atoms. The van der Waals surface area contributed by atoms with Gasteiger partial charge in [0.05, 0.1) is 14.2 Å². The number of hydrogen-bond acceptors (Lipinski definition) is 4. The second kappa shape index (κ2) is 5.48. The van der Waals surface area contributed by atoms with Crippen LogP contribution in [0.3, 0.4) is 0 Å². The van der Waals surface area contributed by atoms with E-state index in [2.05, 4.69) is 0 Å². The first-order valence-corrected chi connectivity index (χ1v) is 5.24. The molecule has 0 bridgehead atoms. The quantitative estimate of drug-likeness (QED) is 0.733. The fourth-order valence-corrected chi connectivity index (χ4v) is 1.79. The van der Waals surface area contributed by atoms with Gasteiger partial charge in [-0.05, 0) is 31.5 Å². The van der Waals surface area contributed by atoms with Crippen molar-refractivity contribution in [3.8, 4) is 11.5 Å². The highest BCUT2D eigenvalue weighted by Gasteiger charge is 2.22. The summed E-state index contributed by atoms with van der Waals surface area (Å²) < 4.78 is 10.2. The highest BCUT2D eigenvalue weighted by Crippen LogP contribution is 2.31. The Hall–Kier alpha value is -1.84. The Morgan fingerprint density at radius 2 is 1.53 bits per heavy atom. The van der Waals surface area contributed by atoms with E-state index in [0.717, 1.165) is 0 Å². The lowest BCUT2D eigenvalue weighted by molar-refractivity contribution is -0.126. The molecule has 0 spiro atoms. The first-order chi connectivity index (χ1) is 8.01. The monoisotopic (exact) mass is 236 g/mol. The number of benzene rings is 1. The van der Waals surface area contributed by atoms with Crippen molar-refractivity contribution in [2.24, 2.45) is 0 Å². The molecule has 0 unspecified atom stereocenters. The van der Waals surface area contributed by atoms with Crippen LogP contribution in [0.2, 0.25) is 0 Å². The summed E-state index contributed by atoms with van der Waals surface area (Å²) in [7, 11) is 3.04. The van der Waals surface area contributed by atoms with Crippen molar-refractivity contribution in [2.75, 3.05) is 14.2 Å². The van der Waals surface area contributed by atoms with Crippen LogP contribution >= 0.6 is 0 Å². The van der Waals surface area contributed by atoms with Crippen LogP contribution in [0.4, 0.5) is 0 Å². The first-order valence-electron chi connectivity index (χ1n) is 5.24. The lowest BCUT2D eigenvalue weighted by Crippen LogP contribution is -2.17. The summed E-state index contributed by atoms with van der Waals surface area (Å²) in [4.78, 5) is 22.9. The van der Waals surface area contributed by atoms with Crippen LogP contribution in [0.25, 0.3) is 0 Å². The van der Waals surface area contributed by atoms with Gasteiger partial charge in [-0.25, -0.2) is 0 Å². The summed E-state index contributed by atoms with van der Waals surface area (Å²) in [5.41, 5.74) is 0.627. The molecule has 1 aromatic rings. The zero-order chi connectivity index (χ0) is 13.0. The summed E-state index contributed by atoms with van der Waals surface area (Å²) in [5.74, 6) is 0.00356. The van der Waals surface area contributed by atoms with Crippen LogP contribution in [0.1, 0.15) is 25.3 Å². The number of ether oxygens (including phenoxy) is 2. The molecule has 92 valence electrons. The zero-order valence-electron chi connectivity index (χ0n) is 10.4. The van der Waals surface area contributed by atoms with Gasteiger partial charge in [0.2, 0.25) is 0 Å². The van der Waals surface area contributed by atoms with Crippen molar-refractivity contribution in [1.29, 1.82) is 0 Å². The molecule has 4 heteroatoms. The van der Waals surface area contributed by atoms with E-state index >= 15 is 0 Å². The molecule has 0 aliphatic rings. The first kappa shape index (κ1) is 13.2. The molecule has 1 aromatic carbocycles. The third kappa shape index (κ3) is 2.84. The second-order valence-corrected chi connectivity index (χ2v) is 3.77. The van der Waals surface area contributed by atoms with E-state index in [4.69, 9.17) is 9.47 Å². The predicted molar refractivity (Wildman–Crippen MR) is 63.6 cm³/mol. The molecule has 0 aliphatic carbocycles. The predicted octanol–water partition coefficient (Wildman–Crippen LogP) is 1.97. The normalized spacial score (nSPS) is 10.2. The van der Waals surface area contributed by atoms with Gasteiger partial charge in [0, 0.05) is 0 Å². The zero-order valence-corrected chi connectivity index (χ0v) is 10.4. The van der Waals surface area contributed by atoms with E-state index in [1.165, 1.54) is 28.1 Å². The fourth-order valence-electron chi connectivity index (χ4n) is 1.79. The summed E-state index contributed by atoms with van der Waals surface area (Å²) in [6.45, 7) is 2.81. The highest BCUT2D eigenvalue weighted by molar-refractivity contribution is 6.05. The molecular weight excluding hydrogens is 220 g/mol. The van der Waals surface area contributed by atoms with Crippen molar-refractivity contribution in [1.82, 2.24) is 0 Å². The molecule has 0 saturated heterocycles.